The fraction of sp³-hybridized carbons (Fsp3) is 0.118. The number of benzene rings is 1. The molecule has 1 aromatic heterocycles. The summed E-state index contributed by atoms with van der Waals surface area (Å²) in [6, 6.07) is 10.3. The zero-order valence-electron chi connectivity index (χ0n) is 12.8. The molecule has 1 aliphatic heterocycles. The van der Waals surface area contributed by atoms with Gasteiger partial charge < -0.3 is 4.74 Å². The third-order valence-electron chi connectivity index (χ3n) is 3.28. The van der Waals surface area contributed by atoms with Crippen molar-refractivity contribution in [3.05, 3.63) is 57.1 Å². The van der Waals surface area contributed by atoms with Crippen LogP contribution in [0.2, 0.25) is 0 Å². The number of amides is 1. The molecule has 3 rings (SSSR count). The van der Waals surface area contributed by atoms with Crippen LogP contribution in [0.3, 0.4) is 0 Å². The van der Waals surface area contributed by atoms with Gasteiger partial charge in [-0.25, -0.2) is 4.79 Å². The van der Waals surface area contributed by atoms with Crippen molar-refractivity contribution < 1.29 is 14.3 Å². The highest BCUT2D eigenvalue weighted by molar-refractivity contribution is 8.19. The van der Waals surface area contributed by atoms with Gasteiger partial charge in [0.25, 0.3) is 5.91 Å². The van der Waals surface area contributed by atoms with Gasteiger partial charge in [0.05, 0.1) is 22.8 Å². The second-order valence-corrected chi connectivity index (χ2v) is 6.85. The Morgan fingerprint density at radius 3 is 2.67 bits per heavy atom. The molecule has 0 aliphatic carbocycles. The van der Waals surface area contributed by atoms with Crippen molar-refractivity contribution in [2.45, 2.75) is 6.92 Å². The van der Waals surface area contributed by atoms with Crippen LogP contribution in [0, 0.1) is 5.41 Å². The van der Waals surface area contributed by atoms with Gasteiger partial charge in [0.2, 0.25) is 0 Å². The second-order valence-electron chi connectivity index (χ2n) is 4.84. The number of hydrogen-bond donors (Lipinski definition) is 1. The molecule has 0 atom stereocenters. The van der Waals surface area contributed by atoms with E-state index in [1.54, 1.807) is 37.3 Å². The first kappa shape index (κ1) is 16.5. The van der Waals surface area contributed by atoms with E-state index in [9.17, 15) is 9.59 Å². The third-order valence-corrected chi connectivity index (χ3v) is 4.98. The number of carbonyl (C=O) groups excluding carboxylic acids is 2. The van der Waals surface area contributed by atoms with Crippen molar-refractivity contribution in [1.82, 2.24) is 0 Å². The van der Waals surface area contributed by atoms with Gasteiger partial charge in [-0.15, -0.1) is 11.3 Å². The van der Waals surface area contributed by atoms with Crippen molar-refractivity contribution in [2.24, 2.45) is 0 Å². The number of thiophene rings is 1. The Labute approximate surface area is 147 Å². The van der Waals surface area contributed by atoms with Gasteiger partial charge in [0.1, 0.15) is 0 Å². The number of esters is 1. The van der Waals surface area contributed by atoms with Crippen LogP contribution in [0.25, 0.3) is 6.08 Å². The zero-order chi connectivity index (χ0) is 17.1. The number of thioether (sulfide) groups is 1. The molecule has 0 radical (unpaired) electrons. The van der Waals surface area contributed by atoms with E-state index in [1.807, 2.05) is 17.5 Å². The van der Waals surface area contributed by atoms with Gasteiger partial charge in [0, 0.05) is 4.88 Å². The summed E-state index contributed by atoms with van der Waals surface area (Å²) >= 11 is 2.67. The summed E-state index contributed by atoms with van der Waals surface area (Å²) in [5.41, 5.74) is 0.973. The van der Waals surface area contributed by atoms with E-state index >= 15 is 0 Å². The Balaban J connectivity index is 1.83. The summed E-state index contributed by atoms with van der Waals surface area (Å²) in [7, 11) is 0. The van der Waals surface area contributed by atoms with E-state index < -0.39 is 5.97 Å². The molecule has 0 spiro atoms. The van der Waals surface area contributed by atoms with Crippen molar-refractivity contribution in [3.63, 3.8) is 0 Å². The predicted molar refractivity (Wildman–Crippen MR) is 97.5 cm³/mol. The van der Waals surface area contributed by atoms with Gasteiger partial charge in [-0.05, 0) is 60.5 Å². The summed E-state index contributed by atoms with van der Waals surface area (Å²) in [6.07, 6.45) is 1.79. The van der Waals surface area contributed by atoms with Crippen LogP contribution in [-0.2, 0) is 9.53 Å². The summed E-state index contributed by atoms with van der Waals surface area (Å²) in [6.45, 7) is 2.05. The van der Waals surface area contributed by atoms with Gasteiger partial charge in [-0.2, -0.15) is 0 Å². The fourth-order valence-electron chi connectivity index (χ4n) is 2.19. The molecule has 2 heterocycles. The number of anilines is 1. The number of amidine groups is 1. The average Bonchev–Trinajstić information content (AvgIpc) is 3.17. The summed E-state index contributed by atoms with van der Waals surface area (Å²) in [4.78, 5) is 27.1. The Morgan fingerprint density at radius 2 is 2.04 bits per heavy atom. The molecule has 1 amide bonds. The molecule has 1 fully saturated rings. The maximum Gasteiger partial charge on any atom is 0.338 e. The SMILES string of the molecule is CCOC(=O)c1ccc(N2C(=N)S/C(=C\c3cccs3)C2=O)cc1. The minimum Gasteiger partial charge on any atom is -0.462 e. The summed E-state index contributed by atoms with van der Waals surface area (Å²) in [5, 5.41) is 10.2. The minimum absolute atomic E-state index is 0.145. The summed E-state index contributed by atoms with van der Waals surface area (Å²) < 4.78 is 4.94. The molecular weight excluding hydrogens is 344 g/mol. The quantitative estimate of drug-likeness (QED) is 0.663. The van der Waals surface area contributed by atoms with E-state index in [0.717, 1.165) is 16.6 Å². The Hall–Kier alpha value is -2.38. The fourth-order valence-corrected chi connectivity index (χ4v) is 3.77. The lowest BCUT2D eigenvalue weighted by Gasteiger charge is -2.14. The van der Waals surface area contributed by atoms with Crippen LogP contribution in [0.5, 0.6) is 0 Å². The maximum absolute atomic E-state index is 12.6. The van der Waals surface area contributed by atoms with Crippen LogP contribution in [0.15, 0.2) is 46.7 Å². The summed E-state index contributed by atoms with van der Waals surface area (Å²) in [5.74, 6) is -0.637. The molecule has 122 valence electrons. The van der Waals surface area contributed by atoms with E-state index in [-0.39, 0.29) is 11.1 Å². The largest absolute Gasteiger partial charge is 0.462 e. The average molecular weight is 358 g/mol. The van der Waals surface area contributed by atoms with Crippen LogP contribution in [0.1, 0.15) is 22.2 Å². The molecule has 1 N–H and O–H groups in total. The first-order valence-corrected chi connectivity index (χ1v) is 8.93. The van der Waals surface area contributed by atoms with Crippen molar-refractivity contribution in [3.8, 4) is 0 Å². The molecule has 0 unspecified atom stereocenters. The van der Waals surface area contributed by atoms with Crippen LogP contribution in [0.4, 0.5) is 5.69 Å². The maximum atomic E-state index is 12.6. The van der Waals surface area contributed by atoms with Crippen molar-refractivity contribution in [2.75, 3.05) is 11.5 Å². The first-order chi connectivity index (χ1) is 11.6. The van der Waals surface area contributed by atoms with E-state index in [2.05, 4.69) is 0 Å². The van der Waals surface area contributed by atoms with Crippen molar-refractivity contribution >= 4 is 51.9 Å². The van der Waals surface area contributed by atoms with Crippen LogP contribution < -0.4 is 4.90 Å². The monoisotopic (exact) mass is 358 g/mol. The molecule has 1 aliphatic rings. The van der Waals surface area contributed by atoms with Crippen molar-refractivity contribution in [1.29, 1.82) is 5.41 Å². The minimum atomic E-state index is -0.403. The highest BCUT2D eigenvalue weighted by atomic mass is 32.2. The number of ether oxygens (including phenoxy) is 1. The van der Waals surface area contributed by atoms with Gasteiger partial charge in [-0.3, -0.25) is 15.1 Å². The first-order valence-electron chi connectivity index (χ1n) is 7.23. The highest BCUT2D eigenvalue weighted by Crippen LogP contribution is 2.35. The van der Waals surface area contributed by atoms with Crippen LogP contribution in [-0.4, -0.2) is 23.7 Å². The molecule has 0 bridgehead atoms. The topological polar surface area (TPSA) is 70.5 Å². The predicted octanol–water partition coefficient (Wildman–Crippen LogP) is 3.98. The molecule has 2 aromatic rings. The lowest BCUT2D eigenvalue weighted by Crippen LogP contribution is -2.28. The van der Waals surface area contributed by atoms with Gasteiger partial charge in [-0.1, -0.05) is 6.07 Å². The van der Waals surface area contributed by atoms with Crippen LogP contribution >= 0.6 is 23.1 Å². The van der Waals surface area contributed by atoms with E-state index in [0.29, 0.717) is 22.8 Å². The smallest absolute Gasteiger partial charge is 0.338 e. The second kappa shape index (κ2) is 7.02. The molecule has 1 saturated heterocycles. The van der Waals surface area contributed by atoms with Gasteiger partial charge in [0.15, 0.2) is 5.17 Å². The molecule has 0 saturated carbocycles. The number of nitrogens with one attached hydrogen (secondary N) is 1. The normalized spacial score (nSPS) is 16.0. The Morgan fingerprint density at radius 1 is 1.29 bits per heavy atom. The Bertz CT molecular complexity index is 811. The van der Waals surface area contributed by atoms with E-state index in [4.69, 9.17) is 10.1 Å². The Kier molecular flexibility index (Phi) is 4.82. The number of hydrogen-bond acceptors (Lipinski definition) is 6. The van der Waals surface area contributed by atoms with E-state index in [1.165, 1.54) is 16.2 Å². The lowest BCUT2D eigenvalue weighted by atomic mass is 10.2. The molecule has 7 heteroatoms. The number of nitrogens with zero attached hydrogens (tertiary/aromatic N) is 1. The standard InChI is InChI=1S/C17H14N2O3S2/c1-2-22-16(21)11-5-7-12(8-6-11)19-15(20)14(24-17(19)18)10-13-4-3-9-23-13/h3-10,18H,2H2,1H3/b14-10-,18-17?. The number of carbonyl (C=O) groups is 2. The highest BCUT2D eigenvalue weighted by Gasteiger charge is 2.33. The molecule has 1 aromatic carbocycles. The third kappa shape index (κ3) is 3.27. The lowest BCUT2D eigenvalue weighted by molar-refractivity contribution is -0.113. The van der Waals surface area contributed by atoms with Gasteiger partial charge >= 0.3 is 5.97 Å². The number of rotatable bonds is 4. The zero-order valence-corrected chi connectivity index (χ0v) is 14.4. The molecule has 5 nitrogen and oxygen atoms in total. The molecule has 24 heavy (non-hydrogen) atoms. The molecular formula is C17H14N2O3S2.